The number of aromatic nitrogens is 7. The fourth-order valence-corrected chi connectivity index (χ4v) is 20.6. The van der Waals surface area contributed by atoms with Gasteiger partial charge in [0, 0.05) is 99.6 Å². The molecule has 4 aliphatic carbocycles. The second-order valence-corrected chi connectivity index (χ2v) is 34.5. The van der Waals surface area contributed by atoms with Crippen molar-refractivity contribution in [2.75, 3.05) is 62.6 Å². The molecule has 0 spiro atoms. The smallest absolute Gasteiger partial charge is 0.355 e. The lowest BCUT2D eigenvalue weighted by Crippen LogP contribution is -2.64. The van der Waals surface area contributed by atoms with E-state index in [0.717, 1.165) is 189 Å². The average Bonchev–Trinajstić information content (AvgIpc) is 1.20. The van der Waals surface area contributed by atoms with E-state index >= 15 is 0 Å². The van der Waals surface area contributed by atoms with Crippen molar-refractivity contribution >= 4 is 85.1 Å². The number of ether oxygens (including phenoxy) is 1. The summed E-state index contributed by atoms with van der Waals surface area (Å²) in [6.07, 6.45) is 17.8. The summed E-state index contributed by atoms with van der Waals surface area (Å²) >= 11 is 3.15. The van der Waals surface area contributed by atoms with Crippen LogP contribution in [-0.2, 0) is 36.9 Å². The van der Waals surface area contributed by atoms with Crippen molar-refractivity contribution in [2.24, 2.45) is 21.7 Å². The van der Waals surface area contributed by atoms with Gasteiger partial charge in [0.05, 0.1) is 56.8 Å². The number of β-amino-alcohol motifs (C(OH)–C–C–N with tert-alkyl or cyclic N) is 1. The molecule has 5 N–H and O–H groups in total. The van der Waals surface area contributed by atoms with E-state index in [1.807, 2.05) is 118 Å². The Morgan fingerprint density at radius 2 is 1.50 bits per heavy atom. The first-order valence-corrected chi connectivity index (χ1v) is 39.2. The van der Waals surface area contributed by atoms with Gasteiger partial charge in [0.1, 0.15) is 17.9 Å². The monoisotopic (exact) mass is 1440 g/mol. The Kier molecular flexibility index (Phi) is 21.7. The highest BCUT2D eigenvalue weighted by Crippen LogP contribution is 2.72. The summed E-state index contributed by atoms with van der Waals surface area (Å²) in [6.45, 7) is 24.6. The summed E-state index contributed by atoms with van der Waals surface area (Å²) in [7, 11) is 0. The Hall–Kier alpha value is -7.77. The van der Waals surface area contributed by atoms with Crippen LogP contribution in [0.1, 0.15) is 202 Å². The van der Waals surface area contributed by atoms with Crippen molar-refractivity contribution in [3.05, 3.63) is 106 Å². The Morgan fingerprint density at radius 1 is 0.786 bits per heavy atom. The van der Waals surface area contributed by atoms with Crippen molar-refractivity contribution in [3.8, 4) is 21.6 Å². The summed E-state index contributed by atoms with van der Waals surface area (Å²) < 4.78 is 10.4. The molecule has 14 rings (SSSR count). The van der Waals surface area contributed by atoms with Crippen LogP contribution in [0.2, 0.25) is 0 Å². The third-order valence-electron chi connectivity index (χ3n) is 22.9. The van der Waals surface area contributed by atoms with E-state index in [1.54, 1.807) is 22.7 Å². The van der Waals surface area contributed by atoms with E-state index in [1.165, 1.54) is 11.3 Å². The SMILES string of the molecule is Cc1ncsc1-c1ccc([C@H](C)NC(=O)[C@@H]2C[C@@H](O)CN2C(=O)[C@@H](NC(=O)CCCCCCCCCCC(=O)N2CCN(CCOC34CC5(Cn6ncc(-c7ccc(N8CCCc9c8nnc(Nc8nc%10ccccc%10s8)c9C)nc7C(=O)O)c6C)C[C@@](C)(C3)C[C@](C)(C5)C4)CC2)C(C)(C)C)cc1. The third kappa shape index (κ3) is 16.4. The minimum absolute atomic E-state index is 0.0220. The Bertz CT molecular complexity index is 4200. The Balaban J connectivity index is 0.517. The number of carboxylic acids is 1. The van der Waals surface area contributed by atoms with Gasteiger partial charge in [-0.05, 0) is 149 Å². The largest absolute Gasteiger partial charge is 0.476 e. The quantitative estimate of drug-likeness (QED) is 0.0285. The number of carbonyl (C=O) groups is 5. The van der Waals surface area contributed by atoms with Crippen LogP contribution >= 0.6 is 22.7 Å². The number of fused-ring (bicyclic) bond motifs is 2. The number of aromatic carboxylic acids is 1. The van der Waals surface area contributed by atoms with Crippen LogP contribution < -0.4 is 20.9 Å². The predicted molar refractivity (Wildman–Crippen MR) is 403 cm³/mol. The number of hydrogen-bond donors (Lipinski definition) is 5. The van der Waals surface area contributed by atoms with Gasteiger partial charge >= 0.3 is 5.97 Å². The molecule has 24 heteroatoms. The minimum Gasteiger partial charge on any atom is -0.476 e. The van der Waals surface area contributed by atoms with E-state index in [4.69, 9.17) is 24.9 Å². The molecule has 8 atom stereocenters. The number of piperazine rings is 1. The van der Waals surface area contributed by atoms with Gasteiger partial charge in [0.15, 0.2) is 22.5 Å². The maximum absolute atomic E-state index is 14.2. The zero-order valence-electron chi connectivity index (χ0n) is 61.6. The zero-order valence-corrected chi connectivity index (χ0v) is 63.2. The highest BCUT2D eigenvalue weighted by Gasteiger charge is 2.66. The highest BCUT2D eigenvalue weighted by atomic mass is 32.1. The number of likely N-dealkylation sites (tertiary alicyclic amines) is 1. The second kappa shape index (κ2) is 30.4. The van der Waals surface area contributed by atoms with E-state index in [2.05, 4.69) is 62.5 Å². The molecule has 6 fully saturated rings. The van der Waals surface area contributed by atoms with Crippen molar-refractivity contribution in [2.45, 2.75) is 221 Å². The first kappa shape index (κ1) is 73.5. The van der Waals surface area contributed by atoms with Crippen LogP contribution in [0, 0.1) is 42.4 Å². The number of rotatable bonds is 28. The van der Waals surface area contributed by atoms with Gasteiger partial charge in [0.2, 0.25) is 23.6 Å². The number of pyridine rings is 1. The lowest BCUT2D eigenvalue weighted by molar-refractivity contribution is -0.249. The number of nitrogens with zero attached hydrogens (tertiary/aromatic N) is 11. The lowest BCUT2D eigenvalue weighted by atomic mass is 9.39. The predicted octanol–water partition coefficient (Wildman–Crippen LogP) is 13.5. The summed E-state index contributed by atoms with van der Waals surface area (Å²) in [6, 6.07) is 17.8. The van der Waals surface area contributed by atoms with Gasteiger partial charge in [0.25, 0.3) is 0 Å². The van der Waals surface area contributed by atoms with Gasteiger partial charge < -0.3 is 45.6 Å². The zero-order chi connectivity index (χ0) is 72.6. The number of amides is 4. The molecular formula is C79H104N14O8S2. The van der Waals surface area contributed by atoms with E-state index in [-0.39, 0.29) is 70.2 Å². The molecule has 4 saturated carbocycles. The van der Waals surface area contributed by atoms with Crippen LogP contribution in [0.3, 0.4) is 0 Å². The third-order valence-corrected chi connectivity index (χ3v) is 24.9. The normalized spacial score (nSPS) is 23.8. The number of carboxylic acid groups (broad SMARTS) is 1. The average molecular weight is 1440 g/mol. The summed E-state index contributed by atoms with van der Waals surface area (Å²) in [5.41, 5.74) is 9.33. The van der Waals surface area contributed by atoms with Crippen molar-refractivity contribution in [3.63, 3.8) is 0 Å². The molecule has 4 bridgehead atoms. The molecule has 550 valence electrons. The molecule has 4 amide bonds. The van der Waals surface area contributed by atoms with Gasteiger partial charge in [-0.2, -0.15) is 5.10 Å². The number of unbranched alkanes of at least 4 members (excludes halogenated alkanes) is 7. The number of nitrogens with one attached hydrogen (secondary N) is 3. The van der Waals surface area contributed by atoms with Crippen molar-refractivity contribution in [1.82, 2.24) is 60.3 Å². The minimum atomic E-state index is -1.10. The molecule has 7 aliphatic rings. The standard InChI is InChI=1S/C79H104N14O8S2/c1-50-57-21-20-32-91(70(57)88-87-69(50)86-74-83-60-22-18-19-23-62(60)103-74)63-31-30-58(66(84-63)73(99)100)59-40-81-93(53(59)4)48-78-43-76(8)42-77(9,44-78)46-79(45-76,47-78)101-38-37-89-33-35-90(36-34-89)65(96)25-17-15-13-11-10-12-14-16-24-64(95)85-68(75(5,6)7)72(98)92-41-56(94)39-61(92)71(97)82-51(2)54-26-28-55(29-27-54)67-52(3)80-49-102-67/h18-19,22-23,26-31,40,49,51,56,61,68,94H,10-17,20-21,24-25,32-39,41-48H2,1-9H3,(H,82,97)(H,85,95)(H,99,100)(H,83,86,87)/t51-,56+,61-,68+,76-,77+,78?,79?/m0/s1. The number of para-hydroxylation sites is 1. The molecule has 8 heterocycles. The Morgan fingerprint density at radius 3 is 2.18 bits per heavy atom. The number of hydrogen-bond acceptors (Lipinski definition) is 18. The maximum Gasteiger partial charge on any atom is 0.355 e. The fourth-order valence-electron chi connectivity index (χ4n) is 18.9. The second-order valence-electron chi connectivity index (χ2n) is 32.7. The van der Waals surface area contributed by atoms with Crippen LogP contribution in [0.15, 0.2) is 72.4 Å². The van der Waals surface area contributed by atoms with Gasteiger partial charge in [-0.15, -0.1) is 21.5 Å². The fraction of sp³-hybridized carbons (Fsp3) is 0.582. The first-order valence-electron chi connectivity index (χ1n) is 37.5. The number of aliphatic hydroxyl groups excluding tert-OH is 1. The van der Waals surface area contributed by atoms with Crippen LogP contribution in [-0.4, -0.2) is 166 Å². The molecule has 103 heavy (non-hydrogen) atoms. The Labute approximate surface area is 613 Å². The van der Waals surface area contributed by atoms with Crippen molar-refractivity contribution < 1.29 is 38.9 Å². The van der Waals surface area contributed by atoms with E-state index in [0.29, 0.717) is 55.4 Å². The van der Waals surface area contributed by atoms with Gasteiger partial charge in [-0.3, -0.25) is 28.8 Å². The first-order chi connectivity index (χ1) is 49.3. The number of aliphatic hydroxyl groups is 1. The highest BCUT2D eigenvalue weighted by molar-refractivity contribution is 7.22. The van der Waals surface area contributed by atoms with Gasteiger partial charge in [-0.1, -0.05) is 121 Å². The summed E-state index contributed by atoms with van der Waals surface area (Å²) in [5.74, 6) is 0.101. The maximum atomic E-state index is 14.2. The van der Waals surface area contributed by atoms with Crippen molar-refractivity contribution in [1.29, 1.82) is 0 Å². The van der Waals surface area contributed by atoms with E-state index < -0.39 is 29.6 Å². The van der Waals surface area contributed by atoms with Crippen LogP contribution in [0.5, 0.6) is 0 Å². The molecule has 22 nitrogen and oxygen atoms in total. The molecule has 2 saturated heterocycles. The van der Waals surface area contributed by atoms with Crippen LogP contribution in [0.4, 0.5) is 22.6 Å². The summed E-state index contributed by atoms with van der Waals surface area (Å²) in [5, 5.41) is 46.1. The topological polar surface area (TPSA) is 266 Å². The van der Waals surface area contributed by atoms with Gasteiger partial charge in [-0.25, -0.2) is 19.7 Å². The molecule has 0 radical (unpaired) electrons. The number of aryl methyl sites for hydroxylation is 1. The molecule has 5 aromatic heterocycles. The molecule has 2 unspecified atom stereocenters. The molecule has 3 aliphatic heterocycles. The molecular weight excluding hydrogens is 1340 g/mol. The number of benzene rings is 2. The molecule has 2 aromatic carbocycles. The lowest BCUT2D eigenvalue weighted by Gasteiger charge is -2.69. The summed E-state index contributed by atoms with van der Waals surface area (Å²) in [4.78, 5) is 91.0. The van der Waals surface area contributed by atoms with Crippen LogP contribution in [0.25, 0.3) is 31.8 Å². The number of carbonyl (C=O) groups excluding carboxylic acids is 4. The molecule has 7 aromatic rings. The number of thiazole rings is 2. The van der Waals surface area contributed by atoms with E-state index in [9.17, 15) is 34.2 Å². The number of anilines is 4.